The van der Waals surface area contributed by atoms with E-state index in [1.807, 2.05) is 0 Å². The van der Waals surface area contributed by atoms with Crippen molar-refractivity contribution in [3.05, 3.63) is 41.9 Å². The Morgan fingerprint density at radius 1 is 1.33 bits per heavy atom. The zero-order valence-corrected chi connectivity index (χ0v) is 9.62. The molecule has 18 heavy (non-hydrogen) atoms. The van der Waals surface area contributed by atoms with Crippen molar-refractivity contribution >= 4 is 0 Å². The van der Waals surface area contributed by atoms with Gasteiger partial charge < -0.3 is 9.73 Å². The van der Waals surface area contributed by atoms with E-state index in [0.29, 0.717) is 24.0 Å². The number of oxazole rings is 1. The lowest BCUT2D eigenvalue weighted by Crippen LogP contribution is -2.16. The first-order valence-corrected chi connectivity index (χ1v) is 5.85. The summed E-state index contributed by atoms with van der Waals surface area (Å²) < 4.78 is 31.7. The number of nitrogens with one attached hydrogen (secondary N) is 1. The average molecular weight is 250 g/mol. The van der Waals surface area contributed by atoms with Gasteiger partial charge in [0.25, 0.3) is 0 Å². The molecule has 3 nitrogen and oxygen atoms in total. The average Bonchev–Trinajstić information content (AvgIpc) is 3.06. The second-order valence-electron chi connectivity index (χ2n) is 4.41. The summed E-state index contributed by atoms with van der Waals surface area (Å²) in [5.74, 6) is -0.881. The van der Waals surface area contributed by atoms with E-state index < -0.39 is 11.6 Å². The molecular weight excluding hydrogens is 238 g/mol. The van der Waals surface area contributed by atoms with E-state index in [1.165, 1.54) is 18.5 Å². The topological polar surface area (TPSA) is 38.1 Å². The van der Waals surface area contributed by atoms with Crippen LogP contribution in [0.1, 0.15) is 18.5 Å². The molecule has 1 N–H and O–H groups in total. The fourth-order valence-electron chi connectivity index (χ4n) is 1.82. The Kier molecular flexibility index (Phi) is 2.83. The highest BCUT2D eigenvalue weighted by Crippen LogP contribution is 2.27. The summed E-state index contributed by atoms with van der Waals surface area (Å²) in [5, 5.41) is 3.28. The highest BCUT2D eigenvalue weighted by Gasteiger charge is 2.22. The summed E-state index contributed by atoms with van der Waals surface area (Å²) in [5.41, 5.74) is 0.883. The number of hydrogen-bond acceptors (Lipinski definition) is 3. The van der Waals surface area contributed by atoms with E-state index >= 15 is 0 Å². The number of rotatable bonds is 4. The summed E-state index contributed by atoms with van der Waals surface area (Å²) in [6.07, 6.45) is 3.61. The molecule has 1 aliphatic rings. The van der Waals surface area contributed by atoms with Gasteiger partial charge >= 0.3 is 0 Å². The van der Waals surface area contributed by atoms with Gasteiger partial charge in [-0.2, -0.15) is 0 Å². The fourth-order valence-corrected chi connectivity index (χ4v) is 1.82. The van der Waals surface area contributed by atoms with E-state index in [1.54, 1.807) is 0 Å². The van der Waals surface area contributed by atoms with Gasteiger partial charge in [0.1, 0.15) is 17.3 Å². The zero-order valence-electron chi connectivity index (χ0n) is 9.62. The molecule has 0 unspecified atom stereocenters. The van der Waals surface area contributed by atoms with E-state index in [0.717, 1.165) is 18.9 Å². The third kappa shape index (κ3) is 2.26. The number of nitrogens with zero attached hydrogens (tertiary/aromatic N) is 1. The van der Waals surface area contributed by atoms with Crippen LogP contribution in [0.25, 0.3) is 11.3 Å². The third-order valence-corrected chi connectivity index (χ3v) is 2.95. The maximum atomic E-state index is 13.7. The molecule has 1 heterocycles. The van der Waals surface area contributed by atoms with E-state index in [2.05, 4.69) is 10.3 Å². The van der Waals surface area contributed by atoms with Gasteiger partial charge in [0, 0.05) is 18.7 Å². The molecule has 1 aliphatic carbocycles. The first kappa shape index (κ1) is 11.3. The van der Waals surface area contributed by atoms with E-state index in [4.69, 9.17) is 4.42 Å². The number of halogens is 2. The minimum absolute atomic E-state index is 0.237. The van der Waals surface area contributed by atoms with Crippen molar-refractivity contribution in [2.24, 2.45) is 0 Å². The standard InChI is InChI=1S/C13H12F2N2O/c14-8-1-4-10(11(15)5-8)13-12(17-7-18-13)6-16-9-2-3-9/h1,4-5,7,9,16H,2-3,6H2. The predicted octanol–water partition coefficient (Wildman–Crippen LogP) is 2.87. The maximum Gasteiger partial charge on any atom is 0.181 e. The maximum absolute atomic E-state index is 13.7. The molecule has 1 saturated carbocycles. The Labute approximate surface area is 103 Å². The van der Waals surface area contributed by atoms with E-state index in [-0.39, 0.29) is 5.56 Å². The van der Waals surface area contributed by atoms with Gasteiger partial charge in [0.15, 0.2) is 12.2 Å². The highest BCUT2D eigenvalue weighted by molar-refractivity contribution is 5.60. The molecule has 1 aromatic heterocycles. The van der Waals surface area contributed by atoms with E-state index in [9.17, 15) is 8.78 Å². The lowest BCUT2D eigenvalue weighted by molar-refractivity contribution is 0.552. The van der Waals surface area contributed by atoms with Crippen LogP contribution >= 0.6 is 0 Å². The normalized spacial score (nSPS) is 15.0. The fraction of sp³-hybridized carbons (Fsp3) is 0.308. The molecule has 0 saturated heterocycles. The second kappa shape index (κ2) is 4.49. The van der Waals surface area contributed by atoms with Crippen LogP contribution < -0.4 is 5.32 Å². The molecular formula is C13H12F2N2O. The van der Waals surface area contributed by atoms with Crippen LogP contribution in [0, 0.1) is 11.6 Å². The quantitative estimate of drug-likeness (QED) is 0.906. The van der Waals surface area contributed by atoms with Crippen LogP contribution in [-0.4, -0.2) is 11.0 Å². The van der Waals surface area contributed by atoms with Gasteiger partial charge in [-0.3, -0.25) is 0 Å². The summed E-state index contributed by atoms with van der Waals surface area (Å²) >= 11 is 0. The summed E-state index contributed by atoms with van der Waals surface area (Å²) in [4.78, 5) is 4.07. The smallest absolute Gasteiger partial charge is 0.181 e. The lowest BCUT2D eigenvalue weighted by atomic mass is 10.1. The number of aromatic nitrogens is 1. The summed E-state index contributed by atoms with van der Waals surface area (Å²) in [6, 6.07) is 3.95. The third-order valence-electron chi connectivity index (χ3n) is 2.95. The lowest BCUT2D eigenvalue weighted by Gasteiger charge is -2.04. The SMILES string of the molecule is Fc1ccc(-c2ocnc2CNC2CC2)c(F)c1. The van der Waals surface area contributed by atoms with Gasteiger partial charge in [0.2, 0.25) is 0 Å². The molecule has 94 valence electrons. The largest absolute Gasteiger partial charge is 0.443 e. The Bertz CT molecular complexity index is 564. The minimum Gasteiger partial charge on any atom is -0.443 e. The Hall–Kier alpha value is -1.75. The van der Waals surface area contributed by atoms with Crippen molar-refractivity contribution in [1.29, 1.82) is 0 Å². The molecule has 0 bridgehead atoms. The van der Waals surface area contributed by atoms with Gasteiger partial charge in [-0.1, -0.05) is 0 Å². The van der Waals surface area contributed by atoms with Crippen molar-refractivity contribution in [2.75, 3.05) is 0 Å². The van der Waals surface area contributed by atoms with Crippen LogP contribution in [0.15, 0.2) is 29.0 Å². The monoisotopic (exact) mass is 250 g/mol. The van der Waals surface area contributed by atoms with Crippen molar-refractivity contribution in [3.8, 4) is 11.3 Å². The molecule has 5 heteroatoms. The molecule has 0 radical (unpaired) electrons. The summed E-state index contributed by atoms with van der Waals surface area (Å²) in [6.45, 7) is 0.535. The molecule has 0 spiro atoms. The van der Waals surface area contributed by atoms with Crippen LogP contribution in [-0.2, 0) is 6.54 Å². The van der Waals surface area contributed by atoms with Crippen molar-refractivity contribution in [2.45, 2.75) is 25.4 Å². The Morgan fingerprint density at radius 2 is 2.17 bits per heavy atom. The second-order valence-corrected chi connectivity index (χ2v) is 4.41. The highest BCUT2D eigenvalue weighted by atomic mass is 19.1. The van der Waals surface area contributed by atoms with Crippen LogP contribution in [0.3, 0.4) is 0 Å². The van der Waals surface area contributed by atoms with Crippen LogP contribution in [0.4, 0.5) is 8.78 Å². The predicted molar refractivity (Wildman–Crippen MR) is 61.7 cm³/mol. The van der Waals surface area contributed by atoms with Crippen LogP contribution in [0.5, 0.6) is 0 Å². The number of benzene rings is 1. The molecule has 1 aromatic carbocycles. The zero-order chi connectivity index (χ0) is 12.5. The molecule has 2 aromatic rings. The van der Waals surface area contributed by atoms with Crippen LogP contribution in [0.2, 0.25) is 0 Å². The number of hydrogen-bond donors (Lipinski definition) is 1. The molecule has 3 rings (SSSR count). The van der Waals surface area contributed by atoms with Gasteiger partial charge in [-0.15, -0.1) is 0 Å². The Balaban J connectivity index is 1.88. The first-order chi connectivity index (χ1) is 8.74. The molecule has 0 aliphatic heterocycles. The molecule has 0 amide bonds. The first-order valence-electron chi connectivity index (χ1n) is 5.85. The molecule has 1 fully saturated rings. The Morgan fingerprint density at radius 3 is 2.89 bits per heavy atom. The van der Waals surface area contributed by atoms with Gasteiger partial charge in [-0.05, 0) is 25.0 Å². The van der Waals surface area contributed by atoms with Gasteiger partial charge in [-0.25, -0.2) is 13.8 Å². The van der Waals surface area contributed by atoms with Crippen molar-refractivity contribution < 1.29 is 13.2 Å². The van der Waals surface area contributed by atoms with Gasteiger partial charge in [0.05, 0.1) is 5.56 Å². The van der Waals surface area contributed by atoms with Crippen molar-refractivity contribution in [1.82, 2.24) is 10.3 Å². The molecule has 0 atom stereocenters. The van der Waals surface area contributed by atoms with Crippen molar-refractivity contribution in [3.63, 3.8) is 0 Å². The summed E-state index contributed by atoms with van der Waals surface area (Å²) in [7, 11) is 0. The minimum atomic E-state index is -0.639.